The average Bonchev–Trinajstić information content (AvgIpc) is 2.28. The van der Waals surface area contributed by atoms with Gasteiger partial charge in [-0.2, -0.15) is 0 Å². The molecule has 0 radical (unpaired) electrons. The molecule has 106 valence electrons. The highest BCUT2D eigenvalue weighted by molar-refractivity contribution is 4.89. The molecular weight excluding hydrogens is 224 g/mol. The second kappa shape index (κ2) is 5.89. The first-order valence-corrected chi connectivity index (χ1v) is 7.58. The van der Waals surface area contributed by atoms with Crippen molar-refractivity contribution in [1.82, 2.24) is 4.90 Å². The zero-order valence-corrected chi connectivity index (χ0v) is 12.4. The third-order valence-corrected chi connectivity index (χ3v) is 4.91. The first-order valence-electron chi connectivity index (χ1n) is 7.58. The highest BCUT2D eigenvalue weighted by atomic mass is 16.5. The van der Waals surface area contributed by atoms with Gasteiger partial charge in [0.1, 0.15) is 0 Å². The Balaban J connectivity index is 1.94. The molecular formula is C15H30N2O. The van der Waals surface area contributed by atoms with E-state index in [-0.39, 0.29) is 0 Å². The minimum absolute atomic E-state index is 0.371. The molecule has 0 aromatic heterocycles. The summed E-state index contributed by atoms with van der Waals surface area (Å²) in [6.45, 7) is 12.3. The molecule has 18 heavy (non-hydrogen) atoms. The van der Waals surface area contributed by atoms with E-state index in [0.29, 0.717) is 24.1 Å². The van der Waals surface area contributed by atoms with Gasteiger partial charge in [-0.15, -0.1) is 0 Å². The molecule has 0 amide bonds. The Hall–Kier alpha value is -0.120. The Morgan fingerprint density at radius 3 is 2.56 bits per heavy atom. The molecule has 3 nitrogen and oxygen atoms in total. The lowest BCUT2D eigenvalue weighted by atomic mass is 9.72. The fourth-order valence-electron chi connectivity index (χ4n) is 3.78. The van der Waals surface area contributed by atoms with Gasteiger partial charge in [0, 0.05) is 25.2 Å². The molecule has 2 rings (SSSR count). The maximum atomic E-state index is 6.40. The number of morpholine rings is 1. The van der Waals surface area contributed by atoms with E-state index >= 15 is 0 Å². The van der Waals surface area contributed by atoms with Crippen LogP contribution in [0.15, 0.2) is 0 Å². The molecule has 0 bridgehead atoms. The Labute approximate surface area is 112 Å². The molecule has 0 spiro atoms. The van der Waals surface area contributed by atoms with Crippen molar-refractivity contribution in [3.63, 3.8) is 0 Å². The molecule has 6 unspecified atom stereocenters. The standard InChI is InChI=1S/C15H30N2O/c1-10-5-11(2)14(15(16)6-10)8-17-7-13(4)18-9-12(17)3/h10-15H,5-9,16H2,1-4H3. The van der Waals surface area contributed by atoms with E-state index in [4.69, 9.17) is 10.5 Å². The SMILES string of the molecule is CC1CC(C)C(CN2CC(C)OCC2C)C(N)C1. The van der Waals surface area contributed by atoms with E-state index in [1.54, 1.807) is 0 Å². The van der Waals surface area contributed by atoms with Gasteiger partial charge in [0.15, 0.2) is 0 Å². The zero-order chi connectivity index (χ0) is 13.3. The highest BCUT2D eigenvalue weighted by Crippen LogP contribution is 2.33. The van der Waals surface area contributed by atoms with Gasteiger partial charge in [-0.3, -0.25) is 4.90 Å². The molecule has 2 aliphatic rings. The predicted molar refractivity (Wildman–Crippen MR) is 75.5 cm³/mol. The molecule has 2 N–H and O–H groups in total. The van der Waals surface area contributed by atoms with Crippen molar-refractivity contribution in [3.8, 4) is 0 Å². The Morgan fingerprint density at radius 1 is 1.17 bits per heavy atom. The third kappa shape index (κ3) is 3.25. The fraction of sp³-hybridized carbons (Fsp3) is 1.00. The minimum Gasteiger partial charge on any atom is -0.376 e. The highest BCUT2D eigenvalue weighted by Gasteiger charge is 2.35. The van der Waals surface area contributed by atoms with Crippen LogP contribution in [0.5, 0.6) is 0 Å². The molecule has 1 heterocycles. The molecule has 0 aromatic carbocycles. The summed E-state index contributed by atoms with van der Waals surface area (Å²) in [5.41, 5.74) is 6.40. The summed E-state index contributed by atoms with van der Waals surface area (Å²) < 4.78 is 5.71. The summed E-state index contributed by atoms with van der Waals surface area (Å²) in [4.78, 5) is 2.59. The zero-order valence-electron chi connectivity index (χ0n) is 12.4. The van der Waals surface area contributed by atoms with Crippen molar-refractivity contribution in [2.75, 3.05) is 19.7 Å². The molecule has 6 atom stereocenters. The lowest BCUT2D eigenvalue weighted by Gasteiger charge is -2.44. The summed E-state index contributed by atoms with van der Waals surface area (Å²) in [5.74, 6) is 2.22. The van der Waals surface area contributed by atoms with Crippen LogP contribution in [0.4, 0.5) is 0 Å². The Bertz CT molecular complexity index is 259. The van der Waals surface area contributed by atoms with Crippen LogP contribution in [0.2, 0.25) is 0 Å². The number of hydrogen-bond donors (Lipinski definition) is 1. The Morgan fingerprint density at radius 2 is 1.89 bits per heavy atom. The number of ether oxygens (including phenoxy) is 1. The number of nitrogens with zero attached hydrogens (tertiary/aromatic N) is 1. The van der Waals surface area contributed by atoms with Crippen LogP contribution in [0.25, 0.3) is 0 Å². The van der Waals surface area contributed by atoms with Crippen LogP contribution in [0, 0.1) is 17.8 Å². The summed E-state index contributed by atoms with van der Waals surface area (Å²) in [6, 6.07) is 0.925. The van der Waals surface area contributed by atoms with Crippen LogP contribution in [0.3, 0.4) is 0 Å². The monoisotopic (exact) mass is 254 g/mol. The van der Waals surface area contributed by atoms with Gasteiger partial charge >= 0.3 is 0 Å². The summed E-state index contributed by atoms with van der Waals surface area (Å²) in [6.07, 6.45) is 2.91. The quantitative estimate of drug-likeness (QED) is 0.820. The van der Waals surface area contributed by atoms with Crippen molar-refractivity contribution in [3.05, 3.63) is 0 Å². The third-order valence-electron chi connectivity index (χ3n) is 4.91. The number of nitrogens with two attached hydrogens (primary N) is 1. The maximum absolute atomic E-state index is 6.40. The molecule has 1 aliphatic heterocycles. The van der Waals surface area contributed by atoms with Crippen LogP contribution < -0.4 is 5.73 Å². The molecule has 2 fully saturated rings. The largest absolute Gasteiger partial charge is 0.376 e. The van der Waals surface area contributed by atoms with Gasteiger partial charge in [0.05, 0.1) is 12.7 Å². The second-order valence-electron chi connectivity index (χ2n) is 6.83. The topological polar surface area (TPSA) is 38.5 Å². The molecule has 1 saturated carbocycles. The predicted octanol–water partition coefficient (Wildman–Crippen LogP) is 2.11. The van der Waals surface area contributed by atoms with Gasteiger partial charge in [0.2, 0.25) is 0 Å². The van der Waals surface area contributed by atoms with Crippen LogP contribution >= 0.6 is 0 Å². The van der Waals surface area contributed by atoms with E-state index < -0.39 is 0 Å². The second-order valence-corrected chi connectivity index (χ2v) is 6.83. The molecule has 3 heteroatoms. The number of hydrogen-bond acceptors (Lipinski definition) is 3. The average molecular weight is 254 g/mol. The van der Waals surface area contributed by atoms with Crippen LogP contribution in [0.1, 0.15) is 40.5 Å². The fourth-order valence-corrected chi connectivity index (χ4v) is 3.78. The van der Waals surface area contributed by atoms with Crippen molar-refractivity contribution >= 4 is 0 Å². The van der Waals surface area contributed by atoms with E-state index in [2.05, 4.69) is 32.6 Å². The van der Waals surface area contributed by atoms with E-state index in [9.17, 15) is 0 Å². The maximum Gasteiger partial charge on any atom is 0.0674 e. The normalized spacial score (nSPS) is 47.2. The summed E-state index contributed by atoms with van der Waals surface area (Å²) in [7, 11) is 0. The van der Waals surface area contributed by atoms with Gasteiger partial charge in [-0.1, -0.05) is 13.8 Å². The van der Waals surface area contributed by atoms with E-state index in [1.807, 2.05) is 0 Å². The van der Waals surface area contributed by atoms with Crippen LogP contribution in [-0.4, -0.2) is 42.8 Å². The van der Waals surface area contributed by atoms with Crippen molar-refractivity contribution < 1.29 is 4.74 Å². The van der Waals surface area contributed by atoms with Gasteiger partial charge in [-0.05, 0) is 44.4 Å². The molecule has 1 saturated heterocycles. The lowest BCUT2D eigenvalue weighted by molar-refractivity contribution is -0.0606. The van der Waals surface area contributed by atoms with E-state index in [1.165, 1.54) is 12.8 Å². The van der Waals surface area contributed by atoms with Gasteiger partial charge < -0.3 is 10.5 Å². The van der Waals surface area contributed by atoms with Crippen molar-refractivity contribution in [2.45, 2.75) is 58.7 Å². The summed E-state index contributed by atoms with van der Waals surface area (Å²) >= 11 is 0. The van der Waals surface area contributed by atoms with Crippen LogP contribution in [-0.2, 0) is 4.74 Å². The van der Waals surface area contributed by atoms with Crippen molar-refractivity contribution in [2.24, 2.45) is 23.5 Å². The number of rotatable bonds is 2. The minimum atomic E-state index is 0.371. The van der Waals surface area contributed by atoms with Gasteiger partial charge in [0.25, 0.3) is 0 Å². The first-order chi connectivity index (χ1) is 8.47. The summed E-state index contributed by atoms with van der Waals surface area (Å²) in [5, 5.41) is 0. The molecule has 1 aliphatic carbocycles. The van der Waals surface area contributed by atoms with Gasteiger partial charge in [-0.25, -0.2) is 0 Å². The van der Waals surface area contributed by atoms with E-state index in [0.717, 1.165) is 31.5 Å². The lowest BCUT2D eigenvalue weighted by Crippen LogP contribution is -2.53. The first kappa shape index (κ1) is 14.3. The van der Waals surface area contributed by atoms with Crippen molar-refractivity contribution in [1.29, 1.82) is 0 Å². The smallest absolute Gasteiger partial charge is 0.0674 e. The molecule has 0 aromatic rings. The Kier molecular flexibility index (Phi) is 4.68.